The third-order valence-corrected chi connectivity index (χ3v) is 4.06. The summed E-state index contributed by atoms with van der Waals surface area (Å²) in [5.74, 6) is 0. The van der Waals surface area contributed by atoms with Gasteiger partial charge in [-0.25, -0.2) is 9.97 Å². The third-order valence-electron chi connectivity index (χ3n) is 2.14. The van der Waals surface area contributed by atoms with Gasteiger partial charge < -0.3 is 5.32 Å². The van der Waals surface area contributed by atoms with Crippen LogP contribution in [0.3, 0.4) is 0 Å². The van der Waals surface area contributed by atoms with Gasteiger partial charge in [0.1, 0.15) is 10.2 Å². The first kappa shape index (κ1) is 11.5. The summed E-state index contributed by atoms with van der Waals surface area (Å²) in [7, 11) is 0. The summed E-state index contributed by atoms with van der Waals surface area (Å²) in [6, 6.07) is 1.84. The van der Waals surface area contributed by atoms with Gasteiger partial charge in [0.05, 0.1) is 0 Å². The molecule has 6 heteroatoms. The second kappa shape index (κ2) is 5.39. The minimum absolute atomic E-state index is 0.530. The molecule has 0 unspecified atom stereocenters. The number of aromatic nitrogens is 2. The zero-order valence-electron chi connectivity index (χ0n) is 8.36. The van der Waals surface area contributed by atoms with E-state index in [1.807, 2.05) is 12.3 Å². The molecule has 2 heterocycles. The van der Waals surface area contributed by atoms with Crippen LogP contribution in [0.5, 0.6) is 0 Å². The Morgan fingerprint density at radius 3 is 3.07 bits per heavy atom. The van der Waals surface area contributed by atoms with Gasteiger partial charge in [-0.3, -0.25) is 0 Å². The van der Waals surface area contributed by atoms with E-state index < -0.39 is 0 Å². The molecule has 1 N–H and O–H groups in total. The number of rotatable bonds is 3. The predicted molar refractivity (Wildman–Crippen MR) is 66.0 cm³/mol. The number of halogens is 1. The lowest BCUT2D eigenvalue weighted by atomic mass is 10.4. The molecule has 0 amide bonds. The van der Waals surface area contributed by atoms with E-state index in [1.165, 1.54) is 18.2 Å². The molecule has 0 aliphatic carbocycles. The lowest BCUT2D eigenvalue weighted by Gasteiger charge is -2.07. The molecule has 1 aromatic rings. The zero-order chi connectivity index (χ0) is 10.7. The van der Waals surface area contributed by atoms with E-state index in [1.54, 1.807) is 11.8 Å². The van der Waals surface area contributed by atoms with Crippen LogP contribution in [0.1, 0.15) is 6.42 Å². The molecule has 0 spiro atoms. The Hall–Kier alpha value is 0.0300. The number of thioether (sulfide) groups is 2. The van der Waals surface area contributed by atoms with Crippen LogP contribution in [0.4, 0.5) is 0 Å². The molecule has 1 aliphatic heterocycles. The summed E-state index contributed by atoms with van der Waals surface area (Å²) in [6.45, 7) is 2.16. The largest absolute Gasteiger partial charge is 0.316 e. The molecule has 0 saturated carbocycles. The van der Waals surface area contributed by atoms with Crippen LogP contribution >= 0.6 is 35.1 Å². The lowest BCUT2D eigenvalue weighted by Crippen LogP contribution is -2.10. The van der Waals surface area contributed by atoms with Crippen LogP contribution in [-0.4, -0.2) is 34.6 Å². The number of nitrogens with one attached hydrogen (secondary N) is 1. The zero-order valence-corrected chi connectivity index (χ0v) is 10.8. The standard InChI is InChI=1S/C9H12ClN3S2/c1-14-9-12-7(10)4-8(13-9)15-6-2-3-11-5-6/h4,6,11H,2-3,5H2,1H3/t6-/m0/s1. The van der Waals surface area contributed by atoms with Crippen molar-refractivity contribution in [1.82, 2.24) is 15.3 Å². The highest BCUT2D eigenvalue weighted by Crippen LogP contribution is 2.28. The maximum atomic E-state index is 5.92. The fourth-order valence-corrected chi connectivity index (χ4v) is 3.26. The number of nitrogens with zero attached hydrogens (tertiary/aromatic N) is 2. The number of hydrogen-bond acceptors (Lipinski definition) is 5. The molecule has 1 saturated heterocycles. The van der Waals surface area contributed by atoms with Crippen molar-refractivity contribution in [2.75, 3.05) is 19.3 Å². The van der Waals surface area contributed by atoms with Gasteiger partial charge in [-0.15, -0.1) is 11.8 Å². The van der Waals surface area contributed by atoms with Crippen molar-refractivity contribution in [3.05, 3.63) is 11.2 Å². The molecule has 3 nitrogen and oxygen atoms in total. The lowest BCUT2D eigenvalue weighted by molar-refractivity contribution is 0.857. The van der Waals surface area contributed by atoms with E-state index in [0.717, 1.165) is 23.3 Å². The third kappa shape index (κ3) is 3.24. The molecule has 0 radical (unpaired) electrons. The second-order valence-electron chi connectivity index (χ2n) is 3.25. The first-order chi connectivity index (χ1) is 7.28. The van der Waals surface area contributed by atoms with Crippen molar-refractivity contribution in [2.45, 2.75) is 21.9 Å². The van der Waals surface area contributed by atoms with Crippen LogP contribution in [0, 0.1) is 0 Å². The van der Waals surface area contributed by atoms with Gasteiger partial charge in [0.2, 0.25) is 0 Å². The summed E-state index contributed by atoms with van der Waals surface area (Å²) in [4.78, 5) is 8.53. The van der Waals surface area contributed by atoms with Gasteiger partial charge in [-0.05, 0) is 19.2 Å². The van der Waals surface area contributed by atoms with Gasteiger partial charge in [0, 0.05) is 17.9 Å². The summed E-state index contributed by atoms with van der Waals surface area (Å²) in [5.41, 5.74) is 0. The van der Waals surface area contributed by atoms with Gasteiger partial charge in [-0.1, -0.05) is 23.4 Å². The molecule has 1 aliphatic rings. The van der Waals surface area contributed by atoms with E-state index in [4.69, 9.17) is 11.6 Å². The monoisotopic (exact) mass is 261 g/mol. The number of hydrogen-bond donors (Lipinski definition) is 1. The summed E-state index contributed by atoms with van der Waals surface area (Å²) in [5, 5.41) is 6.21. The normalized spacial score (nSPS) is 20.8. The Bertz CT molecular complexity index is 342. The van der Waals surface area contributed by atoms with Crippen LogP contribution in [0.2, 0.25) is 5.15 Å². The highest BCUT2D eigenvalue weighted by atomic mass is 35.5. The van der Waals surface area contributed by atoms with E-state index in [0.29, 0.717) is 10.4 Å². The average molecular weight is 262 g/mol. The van der Waals surface area contributed by atoms with Gasteiger partial charge >= 0.3 is 0 Å². The summed E-state index contributed by atoms with van der Waals surface area (Å²) >= 11 is 9.22. The van der Waals surface area contributed by atoms with Crippen LogP contribution < -0.4 is 5.32 Å². The quantitative estimate of drug-likeness (QED) is 0.514. The first-order valence-corrected chi connectivity index (χ1v) is 7.22. The van der Waals surface area contributed by atoms with Crippen molar-refractivity contribution in [3.8, 4) is 0 Å². The fraction of sp³-hybridized carbons (Fsp3) is 0.556. The molecular formula is C9H12ClN3S2. The van der Waals surface area contributed by atoms with Crippen LogP contribution in [-0.2, 0) is 0 Å². The Morgan fingerprint density at radius 1 is 1.53 bits per heavy atom. The smallest absolute Gasteiger partial charge is 0.189 e. The Balaban J connectivity index is 2.09. The van der Waals surface area contributed by atoms with E-state index in [-0.39, 0.29) is 0 Å². The van der Waals surface area contributed by atoms with Gasteiger partial charge in [0.25, 0.3) is 0 Å². The summed E-state index contributed by atoms with van der Waals surface area (Å²) in [6.07, 6.45) is 3.15. The molecule has 0 bridgehead atoms. The minimum Gasteiger partial charge on any atom is -0.316 e. The van der Waals surface area contributed by atoms with Crippen LogP contribution in [0.25, 0.3) is 0 Å². The van der Waals surface area contributed by atoms with Gasteiger partial charge in [0.15, 0.2) is 5.16 Å². The SMILES string of the molecule is CSc1nc(Cl)cc(S[C@H]2CCNC2)n1. The van der Waals surface area contributed by atoms with Gasteiger partial charge in [-0.2, -0.15) is 0 Å². The fourth-order valence-electron chi connectivity index (χ4n) is 1.43. The van der Waals surface area contributed by atoms with E-state index >= 15 is 0 Å². The van der Waals surface area contributed by atoms with Crippen molar-refractivity contribution in [3.63, 3.8) is 0 Å². The Morgan fingerprint density at radius 2 is 2.40 bits per heavy atom. The predicted octanol–water partition coefficient (Wildman–Crippen LogP) is 2.31. The second-order valence-corrected chi connectivity index (χ2v) is 5.73. The van der Waals surface area contributed by atoms with Crippen molar-refractivity contribution in [1.29, 1.82) is 0 Å². The topological polar surface area (TPSA) is 37.8 Å². The minimum atomic E-state index is 0.530. The van der Waals surface area contributed by atoms with Crippen LogP contribution in [0.15, 0.2) is 16.2 Å². The highest BCUT2D eigenvalue weighted by Gasteiger charge is 2.16. The van der Waals surface area contributed by atoms with E-state index in [9.17, 15) is 0 Å². The summed E-state index contributed by atoms with van der Waals surface area (Å²) < 4.78 is 0. The van der Waals surface area contributed by atoms with Crippen molar-refractivity contribution in [2.24, 2.45) is 0 Å². The molecule has 1 aromatic heterocycles. The molecule has 82 valence electrons. The molecule has 1 fully saturated rings. The molecule has 1 atom stereocenters. The maximum absolute atomic E-state index is 5.92. The first-order valence-electron chi connectivity index (χ1n) is 4.74. The molecule has 15 heavy (non-hydrogen) atoms. The Kier molecular flexibility index (Phi) is 4.13. The van der Waals surface area contributed by atoms with Crippen molar-refractivity contribution >= 4 is 35.1 Å². The molecular weight excluding hydrogens is 250 g/mol. The maximum Gasteiger partial charge on any atom is 0.189 e. The van der Waals surface area contributed by atoms with Crippen molar-refractivity contribution < 1.29 is 0 Å². The molecule has 2 rings (SSSR count). The Labute approximate surface area is 103 Å². The molecule has 0 aromatic carbocycles. The van der Waals surface area contributed by atoms with E-state index in [2.05, 4.69) is 15.3 Å². The average Bonchev–Trinajstić information content (AvgIpc) is 2.69. The highest BCUT2D eigenvalue weighted by molar-refractivity contribution is 8.00.